The molecule has 0 aromatic carbocycles. The maximum atomic E-state index is 5.22. The van der Waals surface area contributed by atoms with Crippen molar-refractivity contribution in [1.82, 2.24) is 10.6 Å². The van der Waals surface area contributed by atoms with Crippen LogP contribution < -0.4 is 10.6 Å². The lowest BCUT2D eigenvalue weighted by atomic mass is 10.5. The average molecular weight is 361 g/mol. The molecule has 0 radical (unpaired) electrons. The van der Waals surface area contributed by atoms with Crippen LogP contribution in [-0.2, 0) is 4.74 Å². The van der Waals surface area contributed by atoms with Crippen LogP contribution in [0.15, 0.2) is 4.99 Å². The first-order valence-electron chi connectivity index (χ1n) is 5.36. The summed E-state index contributed by atoms with van der Waals surface area (Å²) in [6, 6.07) is 0. The van der Waals surface area contributed by atoms with Crippen LogP contribution in [0.2, 0.25) is 0 Å². The largest absolute Gasteiger partial charge is 0.380 e. The summed E-state index contributed by atoms with van der Waals surface area (Å²) >= 11 is 1.87. The summed E-state index contributed by atoms with van der Waals surface area (Å²) in [5, 5.41) is 6.44. The molecule has 0 spiro atoms. The van der Waals surface area contributed by atoms with Gasteiger partial charge in [0.05, 0.1) is 6.61 Å². The number of rotatable bonds is 8. The topological polar surface area (TPSA) is 45.6 Å². The number of nitrogens with one attached hydrogen (secondary N) is 2. The number of guanidine groups is 1. The highest BCUT2D eigenvalue weighted by Gasteiger charge is 1.95. The van der Waals surface area contributed by atoms with Gasteiger partial charge in [0.1, 0.15) is 0 Å². The highest BCUT2D eigenvalue weighted by Crippen LogP contribution is 1.92. The minimum atomic E-state index is 0. The SMILES string of the molecule is CCOCCNC(=NC)NCCCSC.I. The van der Waals surface area contributed by atoms with Gasteiger partial charge in [-0.25, -0.2) is 0 Å². The molecule has 0 saturated carbocycles. The molecule has 0 heterocycles. The molecule has 16 heavy (non-hydrogen) atoms. The van der Waals surface area contributed by atoms with Gasteiger partial charge in [-0.2, -0.15) is 11.8 Å². The van der Waals surface area contributed by atoms with Crippen LogP contribution in [0.5, 0.6) is 0 Å². The zero-order valence-corrected chi connectivity index (χ0v) is 13.6. The zero-order chi connectivity index (χ0) is 11.4. The molecule has 0 aliphatic heterocycles. The van der Waals surface area contributed by atoms with E-state index < -0.39 is 0 Å². The van der Waals surface area contributed by atoms with Crippen LogP contribution in [0.4, 0.5) is 0 Å². The van der Waals surface area contributed by atoms with Crippen LogP contribution in [-0.4, -0.2) is 51.3 Å². The molecular formula is C10H24IN3OS. The lowest BCUT2D eigenvalue weighted by molar-refractivity contribution is 0.152. The standard InChI is InChI=1S/C10H23N3OS.HI/c1-4-14-8-7-13-10(11-2)12-6-5-9-15-3;/h4-9H2,1-3H3,(H2,11,12,13);1H. The van der Waals surface area contributed by atoms with Crippen molar-refractivity contribution in [1.29, 1.82) is 0 Å². The van der Waals surface area contributed by atoms with E-state index in [1.165, 1.54) is 5.75 Å². The summed E-state index contributed by atoms with van der Waals surface area (Å²) in [6.45, 7) is 5.25. The lowest BCUT2D eigenvalue weighted by Crippen LogP contribution is -2.39. The van der Waals surface area contributed by atoms with Crippen LogP contribution in [0.3, 0.4) is 0 Å². The Morgan fingerprint density at radius 1 is 1.31 bits per heavy atom. The van der Waals surface area contributed by atoms with Crippen molar-refractivity contribution < 1.29 is 4.74 Å². The Balaban J connectivity index is 0. The normalized spacial score (nSPS) is 10.8. The number of hydrogen-bond acceptors (Lipinski definition) is 3. The monoisotopic (exact) mass is 361 g/mol. The summed E-state index contributed by atoms with van der Waals surface area (Å²) in [6.07, 6.45) is 3.28. The van der Waals surface area contributed by atoms with Crippen molar-refractivity contribution in [2.45, 2.75) is 13.3 Å². The van der Waals surface area contributed by atoms with Gasteiger partial charge in [-0.15, -0.1) is 24.0 Å². The fraction of sp³-hybridized carbons (Fsp3) is 0.900. The van der Waals surface area contributed by atoms with E-state index in [0.29, 0.717) is 0 Å². The Hall–Kier alpha value is 0.310. The van der Waals surface area contributed by atoms with E-state index in [1.54, 1.807) is 7.05 Å². The summed E-state index contributed by atoms with van der Waals surface area (Å²) in [5.74, 6) is 2.04. The third-order valence-corrected chi connectivity index (χ3v) is 2.48. The summed E-state index contributed by atoms with van der Waals surface area (Å²) in [4.78, 5) is 4.12. The summed E-state index contributed by atoms with van der Waals surface area (Å²) in [5.41, 5.74) is 0. The molecule has 98 valence electrons. The van der Waals surface area contributed by atoms with Crippen molar-refractivity contribution >= 4 is 41.7 Å². The second-order valence-electron chi connectivity index (χ2n) is 2.97. The smallest absolute Gasteiger partial charge is 0.191 e. The van der Waals surface area contributed by atoms with Crippen molar-refractivity contribution in [3.8, 4) is 0 Å². The van der Waals surface area contributed by atoms with E-state index in [1.807, 2.05) is 18.7 Å². The van der Waals surface area contributed by atoms with Gasteiger partial charge in [0.2, 0.25) is 0 Å². The van der Waals surface area contributed by atoms with E-state index in [2.05, 4.69) is 21.9 Å². The Bertz CT molecular complexity index is 156. The van der Waals surface area contributed by atoms with Gasteiger partial charge in [0.25, 0.3) is 0 Å². The third-order valence-electron chi connectivity index (χ3n) is 1.78. The fourth-order valence-corrected chi connectivity index (χ4v) is 1.46. The number of ether oxygens (including phenoxy) is 1. The molecule has 6 heteroatoms. The third kappa shape index (κ3) is 12.4. The van der Waals surface area contributed by atoms with Crippen molar-refractivity contribution in [2.75, 3.05) is 45.4 Å². The minimum Gasteiger partial charge on any atom is -0.380 e. The molecule has 0 unspecified atom stereocenters. The first-order chi connectivity index (χ1) is 7.35. The van der Waals surface area contributed by atoms with E-state index >= 15 is 0 Å². The Kier molecular flexibility index (Phi) is 17.9. The molecule has 0 aromatic rings. The molecule has 0 aliphatic carbocycles. The Morgan fingerprint density at radius 2 is 2.00 bits per heavy atom. The minimum absolute atomic E-state index is 0. The molecular weight excluding hydrogens is 337 g/mol. The van der Waals surface area contributed by atoms with Gasteiger partial charge in [-0.05, 0) is 25.4 Å². The number of halogens is 1. The van der Waals surface area contributed by atoms with Crippen molar-refractivity contribution in [3.63, 3.8) is 0 Å². The van der Waals surface area contributed by atoms with Gasteiger partial charge in [0, 0.05) is 26.7 Å². The molecule has 0 rings (SSSR count). The van der Waals surface area contributed by atoms with E-state index in [4.69, 9.17) is 4.74 Å². The molecule has 0 atom stereocenters. The molecule has 0 fully saturated rings. The summed E-state index contributed by atoms with van der Waals surface area (Å²) in [7, 11) is 1.78. The zero-order valence-electron chi connectivity index (χ0n) is 10.4. The van der Waals surface area contributed by atoms with E-state index in [0.717, 1.165) is 38.7 Å². The molecule has 0 saturated heterocycles. The van der Waals surface area contributed by atoms with Crippen molar-refractivity contribution in [2.24, 2.45) is 4.99 Å². The second kappa shape index (κ2) is 15.3. The fourth-order valence-electron chi connectivity index (χ4n) is 1.03. The van der Waals surface area contributed by atoms with Crippen LogP contribution in [0, 0.1) is 0 Å². The van der Waals surface area contributed by atoms with Gasteiger partial charge in [-0.1, -0.05) is 0 Å². The van der Waals surface area contributed by atoms with Gasteiger partial charge in [-0.3, -0.25) is 4.99 Å². The van der Waals surface area contributed by atoms with Gasteiger partial charge in [0.15, 0.2) is 5.96 Å². The molecule has 0 bridgehead atoms. The maximum absolute atomic E-state index is 5.22. The number of nitrogens with zero attached hydrogens (tertiary/aromatic N) is 1. The predicted octanol–water partition coefficient (Wildman–Crippen LogP) is 1.56. The van der Waals surface area contributed by atoms with Crippen LogP contribution in [0.1, 0.15) is 13.3 Å². The highest BCUT2D eigenvalue weighted by atomic mass is 127. The lowest BCUT2D eigenvalue weighted by Gasteiger charge is -2.11. The number of thioether (sulfide) groups is 1. The van der Waals surface area contributed by atoms with Crippen molar-refractivity contribution in [3.05, 3.63) is 0 Å². The molecule has 0 aromatic heterocycles. The van der Waals surface area contributed by atoms with Crippen LogP contribution >= 0.6 is 35.7 Å². The second-order valence-corrected chi connectivity index (χ2v) is 3.95. The highest BCUT2D eigenvalue weighted by molar-refractivity contribution is 14.0. The maximum Gasteiger partial charge on any atom is 0.191 e. The molecule has 0 aliphatic rings. The Labute approximate surface area is 120 Å². The molecule has 4 nitrogen and oxygen atoms in total. The van der Waals surface area contributed by atoms with Gasteiger partial charge >= 0.3 is 0 Å². The Morgan fingerprint density at radius 3 is 2.56 bits per heavy atom. The molecule has 0 amide bonds. The van der Waals surface area contributed by atoms with E-state index in [9.17, 15) is 0 Å². The predicted molar refractivity (Wildman–Crippen MR) is 84.3 cm³/mol. The van der Waals surface area contributed by atoms with Gasteiger partial charge < -0.3 is 15.4 Å². The first-order valence-corrected chi connectivity index (χ1v) is 6.75. The van der Waals surface area contributed by atoms with E-state index in [-0.39, 0.29) is 24.0 Å². The average Bonchev–Trinajstić information content (AvgIpc) is 2.27. The number of aliphatic imine (C=N–C) groups is 1. The summed E-state index contributed by atoms with van der Waals surface area (Å²) < 4.78 is 5.22. The quantitative estimate of drug-likeness (QED) is 0.298. The van der Waals surface area contributed by atoms with Crippen LogP contribution in [0.25, 0.3) is 0 Å². The number of hydrogen-bond donors (Lipinski definition) is 2. The molecule has 2 N–H and O–H groups in total. The first kappa shape index (κ1) is 18.7.